The maximum absolute atomic E-state index is 12.9. The van der Waals surface area contributed by atoms with Crippen molar-refractivity contribution >= 4 is 43.0 Å². The van der Waals surface area contributed by atoms with Crippen molar-refractivity contribution in [2.75, 3.05) is 34.3 Å². The maximum atomic E-state index is 12.9. The number of amides is 1. The van der Waals surface area contributed by atoms with E-state index in [2.05, 4.69) is 10.0 Å². The topological polar surface area (TPSA) is 122 Å². The van der Waals surface area contributed by atoms with E-state index in [4.69, 9.17) is 4.74 Å². The number of hydrogen-bond donors (Lipinski definition) is 2. The van der Waals surface area contributed by atoms with Gasteiger partial charge in [-0.3, -0.25) is 13.8 Å². The molecule has 0 aromatic heterocycles. The van der Waals surface area contributed by atoms with Crippen molar-refractivity contribution in [3.63, 3.8) is 0 Å². The van der Waals surface area contributed by atoms with Crippen LogP contribution in [0.3, 0.4) is 0 Å². The second-order valence-corrected chi connectivity index (χ2v) is 11.3. The van der Waals surface area contributed by atoms with E-state index in [0.29, 0.717) is 6.07 Å². The third-order valence-electron chi connectivity index (χ3n) is 4.93. The number of benzene rings is 3. The summed E-state index contributed by atoms with van der Waals surface area (Å²) in [4.78, 5) is 12.3. The summed E-state index contributed by atoms with van der Waals surface area (Å²) in [6, 6.07) is 14.8. The van der Waals surface area contributed by atoms with Crippen LogP contribution in [0.4, 0.5) is 30.2 Å². The van der Waals surface area contributed by atoms with Gasteiger partial charge in [0.2, 0.25) is 15.9 Å². The molecule has 1 amide bonds. The van der Waals surface area contributed by atoms with Gasteiger partial charge in [-0.2, -0.15) is 13.2 Å². The van der Waals surface area contributed by atoms with Crippen LogP contribution in [0.2, 0.25) is 0 Å². The Morgan fingerprint density at radius 1 is 0.919 bits per heavy atom. The monoisotopic (exact) mass is 557 g/mol. The second-order valence-electron chi connectivity index (χ2n) is 7.70. The number of anilines is 3. The Bertz CT molecular complexity index is 1490. The van der Waals surface area contributed by atoms with Gasteiger partial charge < -0.3 is 10.1 Å². The van der Waals surface area contributed by atoms with Crippen LogP contribution in [0.1, 0.15) is 5.56 Å². The molecule has 0 fully saturated rings. The van der Waals surface area contributed by atoms with Crippen LogP contribution in [0.15, 0.2) is 77.7 Å². The van der Waals surface area contributed by atoms with Gasteiger partial charge in [0.15, 0.2) is 0 Å². The molecule has 3 aromatic carbocycles. The molecule has 0 radical (unpaired) electrons. The van der Waals surface area contributed by atoms with Crippen LogP contribution < -0.4 is 19.1 Å². The number of ether oxygens (including phenoxy) is 1. The molecule has 0 aliphatic carbocycles. The molecule has 0 heterocycles. The normalized spacial score (nSPS) is 12.0. The Labute approximate surface area is 212 Å². The summed E-state index contributed by atoms with van der Waals surface area (Å²) in [5, 5.41) is 2.48. The molecule has 14 heteroatoms. The van der Waals surface area contributed by atoms with Crippen LogP contribution >= 0.6 is 0 Å². The van der Waals surface area contributed by atoms with Crippen molar-refractivity contribution in [3.05, 3.63) is 78.4 Å². The minimum Gasteiger partial charge on any atom is -0.495 e. The summed E-state index contributed by atoms with van der Waals surface area (Å²) in [6.45, 7) is -0.587. The van der Waals surface area contributed by atoms with Gasteiger partial charge in [0.1, 0.15) is 12.3 Å². The standard InChI is InChI=1S/C23H22F3N3O6S2/c1-35-21-9-4-3-8-20(21)29(36(2,31)32)15-22(30)27-17-10-12-19(13-11-17)37(33,34)28-18-7-5-6-16(14-18)23(24,25)26/h3-14,28H,15H2,1-2H3,(H,27,30). The highest BCUT2D eigenvalue weighted by Crippen LogP contribution is 2.32. The maximum Gasteiger partial charge on any atom is 0.416 e. The van der Waals surface area contributed by atoms with E-state index >= 15 is 0 Å². The number of rotatable bonds is 9. The Morgan fingerprint density at radius 3 is 2.16 bits per heavy atom. The van der Waals surface area contributed by atoms with Gasteiger partial charge in [-0.25, -0.2) is 16.8 Å². The quantitative estimate of drug-likeness (QED) is 0.411. The number of methoxy groups -OCH3 is 1. The molecular formula is C23H22F3N3O6S2. The van der Waals surface area contributed by atoms with Crippen LogP contribution in [0.5, 0.6) is 5.75 Å². The summed E-state index contributed by atoms with van der Waals surface area (Å²) in [6.07, 6.45) is -3.70. The predicted molar refractivity (Wildman–Crippen MR) is 133 cm³/mol. The molecule has 0 saturated carbocycles. The highest BCUT2D eigenvalue weighted by Gasteiger charge is 2.31. The lowest BCUT2D eigenvalue weighted by Crippen LogP contribution is -2.37. The average Bonchev–Trinajstić information content (AvgIpc) is 2.81. The number of nitrogens with zero attached hydrogens (tertiary/aromatic N) is 1. The van der Waals surface area contributed by atoms with E-state index in [9.17, 15) is 34.8 Å². The van der Waals surface area contributed by atoms with E-state index in [-0.39, 0.29) is 27.7 Å². The highest BCUT2D eigenvalue weighted by molar-refractivity contribution is 7.92. The van der Waals surface area contributed by atoms with E-state index in [0.717, 1.165) is 34.8 Å². The minimum atomic E-state index is -4.64. The smallest absolute Gasteiger partial charge is 0.416 e. The minimum absolute atomic E-state index is 0.157. The number of nitrogens with one attached hydrogen (secondary N) is 2. The molecule has 0 spiro atoms. The molecule has 0 aliphatic rings. The number of hydrogen-bond acceptors (Lipinski definition) is 6. The number of para-hydroxylation sites is 2. The van der Waals surface area contributed by atoms with Gasteiger partial charge in [0.25, 0.3) is 10.0 Å². The molecular weight excluding hydrogens is 535 g/mol. The summed E-state index contributed by atoms with van der Waals surface area (Å²) < 4.78 is 96.7. The summed E-state index contributed by atoms with van der Waals surface area (Å²) in [5.74, 6) is -0.474. The van der Waals surface area contributed by atoms with Crippen molar-refractivity contribution in [3.8, 4) is 5.75 Å². The number of sulfonamides is 2. The van der Waals surface area contributed by atoms with E-state index < -0.39 is 44.2 Å². The molecule has 198 valence electrons. The van der Waals surface area contributed by atoms with Crippen LogP contribution in [0.25, 0.3) is 0 Å². The van der Waals surface area contributed by atoms with Crippen LogP contribution in [0, 0.1) is 0 Å². The zero-order valence-corrected chi connectivity index (χ0v) is 21.1. The van der Waals surface area contributed by atoms with Crippen molar-refractivity contribution < 1.29 is 39.5 Å². The molecule has 9 nitrogen and oxygen atoms in total. The van der Waals surface area contributed by atoms with Crippen LogP contribution in [-0.2, 0) is 31.0 Å². The molecule has 0 bridgehead atoms. The van der Waals surface area contributed by atoms with Crippen LogP contribution in [-0.4, -0.2) is 42.7 Å². The third kappa shape index (κ3) is 7.13. The summed E-state index contributed by atoms with van der Waals surface area (Å²) >= 11 is 0. The van der Waals surface area contributed by atoms with E-state index in [1.165, 1.54) is 37.4 Å². The van der Waals surface area contributed by atoms with Crippen molar-refractivity contribution in [2.24, 2.45) is 0 Å². The fourth-order valence-electron chi connectivity index (χ4n) is 3.24. The lowest BCUT2D eigenvalue weighted by atomic mass is 10.2. The average molecular weight is 558 g/mol. The lowest BCUT2D eigenvalue weighted by molar-refractivity contribution is -0.137. The van der Waals surface area contributed by atoms with Crippen molar-refractivity contribution in [2.45, 2.75) is 11.1 Å². The zero-order valence-electron chi connectivity index (χ0n) is 19.5. The van der Waals surface area contributed by atoms with Crippen molar-refractivity contribution in [1.29, 1.82) is 0 Å². The fourth-order valence-corrected chi connectivity index (χ4v) is 5.15. The molecule has 3 aromatic rings. The van der Waals surface area contributed by atoms with Gasteiger partial charge in [-0.15, -0.1) is 0 Å². The molecule has 0 atom stereocenters. The lowest BCUT2D eigenvalue weighted by Gasteiger charge is -2.23. The predicted octanol–water partition coefficient (Wildman–Crippen LogP) is 3.92. The molecule has 37 heavy (non-hydrogen) atoms. The molecule has 0 aliphatic heterocycles. The van der Waals surface area contributed by atoms with Gasteiger partial charge in [-0.05, 0) is 54.6 Å². The van der Waals surface area contributed by atoms with Gasteiger partial charge in [-0.1, -0.05) is 18.2 Å². The summed E-state index contributed by atoms with van der Waals surface area (Å²) in [5.41, 5.74) is -0.965. The number of carbonyl (C=O) groups excluding carboxylic acids is 1. The van der Waals surface area contributed by atoms with E-state index in [1.807, 2.05) is 0 Å². The zero-order chi connectivity index (χ0) is 27.4. The molecule has 3 rings (SSSR count). The summed E-state index contributed by atoms with van der Waals surface area (Å²) in [7, 11) is -6.75. The van der Waals surface area contributed by atoms with Gasteiger partial charge in [0, 0.05) is 11.4 Å². The molecule has 2 N–H and O–H groups in total. The second kappa shape index (κ2) is 10.7. The first-order valence-corrected chi connectivity index (χ1v) is 13.7. The Balaban J connectivity index is 1.74. The number of carbonyl (C=O) groups is 1. The Hall–Kier alpha value is -3.78. The van der Waals surface area contributed by atoms with E-state index in [1.54, 1.807) is 12.1 Å². The van der Waals surface area contributed by atoms with Gasteiger partial charge >= 0.3 is 6.18 Å². The SMILES string of the molecule is COc1ccccc1N(CC(=O)Nc1ccc(S(=O)(=O)Nc2cccc(C(F)(F)F)c2)cc1)S(C)(=O)=O. The molecule has 0 unspecified atom stereocenters. The third-order valence-corrected chi connectivity index (χ3v) is 7.46. The van der Waals surface area contributed by atoms with Crippen molar-refractivity contribution in [1.82, 2.24) is 0 Å². The van der Waals surface area contributed by atoms with Gasteiger partial charge in [0.05, 0.1) is 29.5 Å². The Morgan fingerprint density at radius 2 is 1.57 bits per heavy atom. The Kier molecular flexibility index (Phi) is 8.03. The number of halogens is 3. The largest absolute Gasteiger partial charge is 0.495 e. The fraction of sp³-hybridized carbons (Fsp3) is 0.174. The first-order chi connectivity index (χ1) is 17.2. The number of alkyl halides is 3. The molecule has 0 saturated heterocycles. The highest BCUT2D eigenvalue weighted by atomic mass is 32.2. The first kappa shape index (κ1) is 27.8. The first-order valence-electron chi connectivity index (χ1n) is 10.4.